The lowest BCUT2D eigenvalue weighted by molar-refractivity contribution is 1.40. The lowest BCUT2D eigenvalue weighted by Gasteiger charge is -2.03. The zero-order valence-corrected chi connectivity index (χ0v) is 14.9. The average Bonchev–Trinajstić information content (AvgIpc) is 3.21. The summed E-state index contributed by atoms with van der Waals surface area (Å²) in [6.45, 7) is 0. The highest BCUT2D eigenvalue weighted by molar-refractivity contribution is 6.23. The van der Waals surface area contributed by atoms with Crippen molar-refractivity contribution in [3.8, 4) is 0 Å². The van der Waals surface area contributed by atoms with Crippen LogP contribution in [0.2, 0.25) is 0 Å². The summed E-state index contributed by atoms with van der Waals surface area (Å²) in [5.74, 6) is 2.10. The van der Waals surface area contributed by atoms with Gasteiger partial charge in [-0.2, -0.15) is 0 Å². The van der Waals surface area contributed by atoms with Gasteiger partial charge in [0.1, 0.15) is 11.7 Å². The molecule has 0 fully saturated rings. The van der Waals surface area contributed by atoms with Gasteiger partial charge in [-0.05, 0) is 12.1 Å². The van der Waals surface area contributed by atoms with E-state index < -0.39 is 0 Å². The van der Waals surface area contributed by atoms with Crippen molar-refractivity contribution < 1.29 is 0 Å². The molecule has 2 heterocycles. The lowest BCUT2D eigenvalue weighted by Crippen LogP contribution is -2.09. The molecular weight excluding hydrogens is 348 g/mol. The summed E-state index contributed by atoms with van der Waals surface area (Å²) in [6.07, 6.45) is 0. The van der Waals surface area contributed by atoms with Crippen LogP contribution in [0, 0.1) is 0 Å². The predicted octanol–water partition coefficient (Wildman–Crippen LogP) is 3.28. The van der Waals surface area contributed by atoms with Gasteiger partial charge in [-0.15, -0.1) is 0 Å². The third-order valence-electron chi connectivity index (χ3n) is 4.67. The summed E-state index contributed by atoms with van der Waals surface area (Å²) in [6, 6.07) is 23.2. The van der Waals surface area contributed by atoms with Gasteiger partial charge in [0.2, 0.25) is 0 Å². The summed E-state index contributed by atoms with van der Waals surface area (Å²) in [7, 11) is 0. The number of rotatable bonds is 2. The molecule has 3 aromatic carbocycles. The molecule has 0 atom stereocenters. The maximum absolute atomic E-state index is 6.04. The number of fused-ring (bicyclic) bond motifs is 2. The summed E-state index contributed by atoms with van der Waals surface area (Å²) in [5.41, 5.74) is 17.1. The van der Waals surface area contributed by atoms with Crippen molar-refractivity contribution in [1.29, 1.82) is 0 Å². The van der Waals surface area contributed by atoms with Gasteiger partial charge in [-0.1, -0.05) is 60.7 Å². The Bertz CT molecular complexity index is 1140. The standard InChI is InChI=1S/C22H16N6/c23-19-13-7-1-3-9-15(13)21(27-19)25-17-11-5-6-12-18(17)26-22-16-10-4-2-8-14(16)20(24)28-22/h1-12H,(H2,23,25,27)(H2,24,26,28). The smallest absolute Gasteiger partial charge is 0.162 e. The van der Waals surface area contributed by atoms with E-state index in [4.69, 9.17) is 21.5 Å². The third kappa shape index (κ3) is 2.59. The van der Waals surface area contributed by atoms with Gasteiger partial charge >= 0.3 is 0 Å². The monoisotopic (exact) mass is 364 g/mol. The molecule has 0 aliphatic carbocycles. The molecule has 2 aliphatic rings. The Balaban J connectivity index is 1.61. The second-order valence-corrected chi connectivity index (χ2v) is 6.44. The number of amidine groups is 4. The number of benzene rings is 3. The summed E-state index contributed by atoms with van der Waals surface area (Å²) >= 11 is 0. The van der Waals surface area contributed by atoms with Crippen LogP contribution in [0.15, 0.2) is 92.8 Å². The Hall–Kier alpha value is -4.06. The maximum Gasteiger partial charge on any atom is 0.162 e. The molecule has 3 aromatic rings. The van der Waals surface area contributed by atoms with E-state index >= 15 is 0 Å². The van der Waals surface area contributed by atoms with Gasteiger partial charge in [0.15, 0.2) is 11.7 Å². The molecule has 0 unspecified atom stereocenters. The van der Waals surface area contributed by atoms with E-state index in [2.05, 4.69) is 9.98 Å². The fraction of sp³-hybridized carbons (Fsp3) is 0. The van der Waals surface area contributed by atoms with Crippen molar-refractivity contribution in [3.05, 3.63) is 95.1 Å². The zero-order valence-electron chi connectivity index (χ0n) is 14.9. The molecular formula is C22H16N6. The van der Waals surface area contributed by atoms with Gasteiger partial charge in [0.25, 0.3) is 0 Å². The minimum absolute atomic E-state index is 0.472. The van der Waals surface area contributed by atoms with Crippen molar-refractivity contribution >= 4 is 34.7 Å². The minimum atomic E-state index is 0.472. The topological polar surface area (TPSA) is 101 Å². The number of para-hydroxylation sites is 2. The van der Waals surface area contributed by atoms with Crippen LogP contribution in [0.4, 0.5) is 11.4 Å². The second kappa shape index (κ2) is 6.28. The first-order valence-electron chi connectivity index (χ1n) is 8.85. The first-order valence-corrected chi connectivity index (χ1v) is 8.85. The fourth-order valence-corrected chi connectivity index (χ4v) is 3.32. The molecule has 0 amide bonds. The highest BCUT2D eigenvalue weighted by atomic mass is 15.0. The van der Waals surface area contributed by atoms with Gasteiger partial charge in [-0.25, -0.2) is 20.0 Å². The van der Waals surface area contributed by atoms with Gasteiger partial charge in [-0.3, -0.25) is 0 Å². The molecule has 0 spiro atoms. The van der Waals surface area contributed by atoms with Gasteiger partial charge < -0.3 is 11.5 Å². The number of aliphatic imine (C=N–C) groups is 4. The summed E-state index contributed by atoms with van der Waals surface area (Å²) in [4.78, 5) is 18.3. The minimum Gasteiger partial charge on any atom is -0.383 e. The average molecular weight is 364 g/mol. The van der Waals surface area contributed by atoms with E-state index in [0.717, 1.165) is 22.3 Å². The Morgan fingerprint density at radius 1 is 0.500 bits per heavy atom. The molecule has 0 saturated heterocycles. The van der Waals surface area contributed by atoms with E-state index in [1.165, 1.54) is 0 Å². The largest absolute Gasteiger partial charge is 0.383 e. The number of hydrogen-bond donors (Lipinski definition) is 2. The zero-order chi connectivity index (χ0) is 19.1. The van der Waals surface area contributed by atoms with E-state index in [-0.39, 0.29) is 0 Å². The molecule has 6 heteroatoms. The summed E-state index contributed by atoms with van der Waals surface area (Å²) < 4.78 is 0. The van der Waals surface area contributed by atoms with Gasteiger partial charge in [0, 0.05) is 22.3 Å². The van der Waals surface area contributed by atoms with Crippen LogP contribution in [0.5, 0.6) is 0 Å². The normalized spacial score (nSPS) is 17.4. The Labute approximate surface area is 161 Å². The fourth-order valence-electron chi connectivity index (χ4n) is 3.32. The van der Waals surface area contributed by atoms with Crippen molar-refractivity contribution in [2.75, 3.05) is 0 Å². The molecule has 5 rings (SSSR count). The Morgan fingerprint density at radius 2 is 0.857 bits per heavy atom. The maximum atomic E-state index is 6.04. The van der Waals surface area contributed by atoms with Crippen LogP contribution in [0.3, 0.4) is 0 Å². The molecule has 134 valence electrons. The quantitative estimate of drug-likeness (QED) is 0.729. The van der Waals surface area contributed by atoms with Crippen LogP contribution >= 0.6 is 0 Å². The van der Waals surface area contributed by atoms with Gasteiger partial charge in [0.05, 0.1) is 11.4 Å². The van der Waals surface area contributed by atoms with Crippen LogP contribution < -0.4 is 11.5 Å². The van der Waals surface area contributed by atoms with E-state index in [9.17, 15) is 0 Å². The summed E-state index contributed by atoms with van der Waals surface area (Å²) in [5, 5.41) is 0. The Morgan fingerprint density at radius 3 is 1.29 bits per heavy atom. The molecule has 2 aliphatic heterocycles. The molecule has 6 nitrogen and oxygen atoms in total. The highest BCUT2D eigenvalue weighted by Gasteiger charge is 2.21. The second-order valence-electron chi connectivity index (χ2n) is 6.44. The van der Waals surface area contributed by atoms with Crippen molar-refractivity contribution in [2.45, 2.75) is 0 Å². The SMILES string of the molecule is NC1=NC(=Nc2ccccc2N=C2N=C(N)c3ccccc32)c2ccccc21. The first-order chi connectivity index (χ1) is 13.7. The molecule has 0 bridgehead atoms. The van der Waals surface area contributed by atoms with E-state index in [1.54, 1.807) is 0 Å². The van der Waals surface area contributed by atoms with Crippen molar-refractivity contribution in [1.82, 2.24) is 0 Å². The third-order valence-corrected chi connectivity index (χ3v) is 4.67. The molecule has 4 N–H and O–H groups in total. The predicted molar refractivity (Wildman–Crippen MR) is 113 cm³/mol. The van der Waals surface area contributed by atoms with Crippen LogP contribution in [0.1, 0.15) is 22.3 Å². The molecule has 0 radical (unpaired) electrons. The van der Waals surface area contributed by atoms with Crippen molar-refractivity contribution in [3.63, 3.8) is 0 Å². The Kier molecular flexibility index (Phi) is 3.62. The molecule has 0 aromatic heterocycles. The number of nitrogens with two attached hydrogens (primary N) is 2. The van der Waals surface area contributed by atoms with E-state index in [1.807, 2.05) is 72.8 Å². The number of nitrogens with zero attached hydrogens (tertiary/aromatic N) is 4. The van der Waals surface area contributed by atoms with Crippen LogP contribution in [-0.4, -0.2) is 23.3 Å². The molecule has 0 saturated carbocycles. The first kappa shape index (κ1) is 16.1. The number of hydrogen-bond acceptors (Lipinski definition) is 4. The van der Waals surface area contributed by atoms with Crippen LogP contribution in [-0.2, 0) is 0 Å². The highest BCUT2D eigenvalue weighted by Crippen LogP contribution is 2.31. The van der Waals surface area contributed by atoms with Crippen molar-refractivity contribution in [2.24, 2.45) is 31.4 Å². The van der Waals surface area contributed by atoms with Crippen LogP contribution in [0.25, 0.3) is 0 Å². The lowest BCUT2D eigenvalue weighted by atomic mass is 10.1. The molecule has 28 heavy (non-hydrogen) atoms. The van der Waals surface area contributed by atoms with E-state index in [0.29, 0.717) is 34.7 Å².